The summed E-state index contributed by atoms with van der Waals surface area (Å²) in [5.41, 5.74) is -6.39. The van der Waals surface area contributed by atoms with Crippen LogP contribution in [0, 0.1) is 23.3 Å². The van der Waals surface area contributed by atoms with Crippen LogP contribution in [-0.4, -0.2) is 11.2 Å². The highest BCUT2D eigenvalue weighted by molar-refractivity contribution is 5.89. The summed E-state index contributed by atoms with van der Waals surface area (Å²) in [5, 5.41) is 1.59. The molecule has 4 aromatic carbocycles. The van der Waals surface area contributed by atoms with Gasteiger partial charge in [-0.15, -0.1) is 0 Å². The van der Waals surface area contributed by atoms with Gasteiger partial charge in [-0.2, -0.15) is 13.2 Å². The van der Waals surface area contributed by atoms with Crippen LogP contribution >= 0.6 is 0 Å². The molecule has 0 aliphatic heterocycles. The first kappa shape index (κ1) is 23.2. The molecule has 1 aliphatic rings. The molecule has 1 atom stereocenters. The van der Waals surface area contributed by atoms with Crippen LogP contribution < -0.4 is 0 Å². The summed E-state index contributed by atoms with van der Waals surface area (Å²) in [6, 6.07) is 18.9. The predicted octanol–water partition coefficient (Wildman–Crippen LogP) is 8.34. The lowest BCUT2D eigenvalue weighted by Gasteiger charge is -2.35. The Kier molecular flexibility index (Phi) is 4.96. The maximum atomic E-state index is 15.3. The molecule has 1 heterocycles. The second-order valence-electron chi connectivity index (χ2n) is 8.80. The predicted molar refractivity (Wildman–Crippen MR) is 125 cm³/mol. The van der Waals surface area contributed by atoms with Crippen molar-refractivity contribution in [1.29, 1.82) is 0 Å². The van der Waals surface area contributed by atoms with Crippen molar-refractivity contribution < 1.29 is 30.7 Å². The first-order valence-corrected chi connectivity index (χ1v) is 11.1. The largest absolute Gasteiger partial charge is 0.406 e. The summed E-state index contributed by atoms with van der Waals surface area (Å²) in [7, 11) is 0. The molecule has 0 fully saturated rings. The minimum atomic E-state index is -5.26. The fourth-order valence-corrected chi connectivity index (χ4v) is 5.29. The molecule has 1 nitrogen and oxygen atoms in total. The fraction of sp³-hybridized carbons (Fsp3) is 0.0690. The van der Waals surface area contributed by atoms with E-state index in [1.54, 1.807) is 18.3 Å². The molecule has 37 heavy (non-hydrogen) atoms. The van der Waals surface area contributed by atoms with Crippen LogP contribution in [0.5, 0.6) is 0 Å². The number of rotatable bonds is 2. The molecule has 1 aromatic heterocycles. The van der Waals surface area contributed by atoms with Crippen molar-refractivity contribution in [2.45, 2.75) is 11.6 Å². The summed E-state index contributed by atoms with van der Waals surface area (Å²) in [5.74, 6) is -8.44. The molecule has 0 radical (unpaired) electrons. The van der Waals surface area contributed by atoms with E-state index in [-0.39, 0.29) is 11.1 Å². The van der Waals surface area contributed by atoms with E-state index in [1.165, 1.54) is 24.3 Å². The Morgan fingerprint density at radius 1 is 0.649 bits per heavy atom. The Hall–Kier alpha value is -4.20. The highest BCUT2D eigenvalue weighted by Gasteiger charge is 2.65. The van der Waals surface area contributed by atoms with Gasteiger partial charge in [-0.3, -0.25) is 4.98 Å². The highest BCUT2D eigenvalue weighted by Crippen LogP contribution is 2.62. The summed E-state index contributed by atoms with van der Waals surface area (Å²) in [4.78, 5) is 4.35. The summed E-state index contributed by atoms with van der Waals surface area (Å²) >= 11 is 0. The molecule has 184 valence electrons. The molecule has 0 amide bonds. The van der Waals surface area contributed by atoms with Gasteiger partial charge in [-0.25, -0.2) is 17.6 Å². The molecular formula is C29H14F7N. The van der Waals surface area contributed by atoms with E-state index in [0.29, 0.717) is 5.69 Å². The summed E-state index contributed by atoms with van der Waals surface area (Å²) < 4.78 is 105. The van der Waals surface area contributed by atoms with Gasteiger partial charge in [0.2, 0.25) is 0 Å². The first-order chi connectivity index (χ1) is 17.7. The van der Waals surface area contributed by atoms with E-state index in [9.17, 15) is 8.78 Å². The number of benzene rings is 4. The SMILES string of the molecule is Fc1c(F)c(F)c2c(c1F)-c1ccc(-c3cc4ccccc4cn3)cc1C2(c1ccccc1)C(F)(F)F. The second-order valence-corrected chi connectivity index (χ2v) is 8.80. The quantitative estimate of drug-likeness (QED) is 0.132. The van der Waals surface area contributed by atoms with Gasteiger partial charge in [-0.1, -0.05) is 66.7 Å². The van der Waals surface area contributed by atoms with E-state index in [4.69, 9.17) is 0 Å². The smallest absolute Gasteiger partial charge is 0.256 e. The van der Waals surface area contributed by atoms with Crippen LogP contribution in [0.3, 0.4) is 0 Å². The van der Waals surface area contributed by atoms with Crippen LogP contribution in [-0.2, 0) is 5.41 Å². The lowest BCUT2D eigenvalue weighted by Crippen LogP contribution is -2.44. The third kappa shape index (κ3) is 3.08. The van der Waals surface area contributed by atoms with Gasteiger partial charge in [0.15, 0.2) is 23.3 Å². The van der Waals surface area contributed by atoms with E-state index in [2.05, 4.69) is 4.98 Å². The van der Waals surface area contributed by atoms with Crippen LogP contribution in [0.2, 0.25) is 0 Å². The lowest BCUT2D eigenvalue weighted by molar-refractivity contribution is -0.166. The van der Waals surface area contributed by atoms with Crippen LogP contribution in [0.15, 0.2) is 85.1 Å². The van der Waals surface area contributed by atoms with Gasteiger partial charge in [0, 0.05) is 28.3 Å². The summed E-state index contributed by atoms with van der Waals surface area (Å²) in [6.07, 6.45) is -3.70. The maximum absolute atomic E-state index is 15.3. The minimum absolute atomic E-state index is 0.239. The zero-order valence-electron chi connectivity index (χ0n) is 18.7. The molecule has 1 unspecified atom stereocenters. The third-order valence-corrected chi connectivity index (χ3v) is 6.89. The number of pyridine rings is 1. The first-order valence-electron chi connectivity index (χ1n) is 11.1. The standard InChI is InChI=1S/C29H14F7N/c30-24-22-19-11-10-16(21-13-15-6-4-5-7-17(15)14-37-21)12-20(19)28(29(34,35)36,18-8-2-1-3-9-18)23(22)25(31)27(33)26(24)32/h1-14H. The Morgan fingerprint density at radius 2 is 1.30 bits per heavy atom. The van der Waals surface area contributed by atoms with Crippen molar-refractivity contribution in [3.05, 3.63) is 125 Å². The van der Waals surface area contributed by atoms with Gasteiger partial charge in [0.05, 0.1) is 5.69 Å². The normalized spacial score (nSPS) is 16.6. The highest BCUT2D eigenvalue weighted by atomic mass is 19.4. The molecule has 0 saturated heterocycles. The van der Waals surface area contributed by atoms with Gasteiger partial charge in [-0.05, 0) is 34.2 Å². The molecular weight excluding hydrogens is 495 g/mol. The topological polar surface area (TPSA) is 12.9 Å². The Labute approximate surface area is 205 Å². The van der Waals surface area contributed by atoms with Crippen molar-refractivity contribution in [2.24, 2.45) is 0 Å². The molecule has 0 saturated carbocycles. The molecule has 8 heteroatoms. The number of halogens is 7. The number of nitrogens with zero attached hydrogens (tertiary/aromatic N) is 1. The average molecular weight is 509 g/mol. The molecule has 0 N–H and O–H groups in total. The van der Waals surface area contributed by atoms with Crippen molar-refractivity contribution >= 4 is 10.8 Å². The Bertz CT molecular complexity index is 1710. The number of alkyl halides is 3. The monoisotopic (exact) mass is 509 g/mol. The Balaban J connectivity index is 1.74. The van der Waals surface area contributed by atoms with Crippen molar-refractivity contribution in [2.75, 3.05) is 0 Å². The molecule has 6 rings (SSSR count). The van der Waals surface area contributed by atoms with Crippen LogP contribution in [0.4, 0.5) is 30.7 Å². The zero-order chi connectivity index (χ0) is 26.1. The van der Waals surface area contributed by atoms with E-state index in [1.807, 2.05) is 18.2 Å². The summed E-state index contributed by atoms with van der Waals surface area (Å²) in [6.45, 7) is 0. The second kappa shape index (κ2) is 7.90. The molecule has 0 spiro atoms. The maximum Gasteiger partial charge on any atom is 0.406 e. The van der Waals surface area contributed by atoms with Crippen molar-refractivity contribution in [3.8, 4) is 22.4 Å². The van der Waals surface area contributed by atoms with Gasteiger partial charge < -0.3 is 0 Å². The number of hydrogen-bond donors (Lipinski definition) is 0. The van der Waals surface area contributed by atoms with E-state index < -0.39 is 57.1 Å². The number of aromatic nitrogens is 1. The van der Waals surface area contributed by atoms with Gasteiger partial charge in [0.1, 0.15) is 5.41 Å². The van der Waals surface area contributed by atoms with Gasteiger partial charge >= 0.3 is 6.18 Å². The number of hydrogen-bond acceptors (Lipinski definition) is 1. The van der Waals surface area contributed by atoms with E-state index >= 15 is 22.0 Å². The minimum Gasteiger partial charge on any atom is -0.256 e. The van der Waals surface area contributed by atoms with Crippen molar-refractivity contribution in [3.63, 3.8) is 0 Å². The average Bonchev–Trinajstić information content (AvgIpc) is 3.22. The van der Waals surface area contributed by atoms with Crippen LogP contribution in [0.1, 0.15) is 16.7 Å². The molecule has 0 bridgehead atoms. The van der Waals surface area contributed by atoms with Gasteiger partial charge in [0.25, 0.3) is 0 Å². The molecule has 5 aromatic rings. The fourth-order valence-electron chi connectivity index (χ4n) is 5.29. The zero-order valence-corrected chi connectivity index (χ0v) is 18.7. The van der Waals surface area contributed by atoms with E-state index in [0.717, 1.165) is 35.0 Å². The van der Waals surface area contributed by atoms with Crippen LogP contribution in [0.25, 0.3) is 33.2 Å². The van der Waals surface area contributed by atoms with Crippen molar-refractivity contribution in [1.82, 2.24) is 4.98 Å². The Morgan fingerprint density at radius 3 is 2.00 bits per heavy atom. The lowest BCUT2D eigenvalue weighted by atomic mass is 9.71. The third-order valence-electron chi connectivity index (χ3n) is 6.89. The molecule has 1 aliphatic carbocycles. The number of fused-ring (bicyclic) bond motifs is 4.